The van der Waals surface area contributed by atoms with Crippen LogP contribution in [0.3, 0.4) is 0 Å². The first kappa shape index (κ1) is 18.4. The van der Waals surface area contributed by atoms with E-state index in [4.69, 9.17) is 4.74 Å². The molecule has 1 aliphatic rings. The van der Waals surface area contributed by atoms with Gasteiger partial charge in [0.1, 0.15) is 17.1 Å². The number of aryl methyl sites for hydroxylation is 1. The summed E-state index contributed by atoms with van der Waals surface area (Å²) in [7, 11) is 1.66. The zero-order valence-corrected chi connectivity index (χ0v) is 16.8. The van der Waals surface area contributed by atoms with Crippen molar-refractivity contribution in [1.82, 2.24) is 24.5 Å². The first-order chi connectivity index (χ1) is 14.7. The Morgan fingerprint density at radius 1 is 1.20 bits per heavy atom. The molecule has 5 rings (SSSR count). The van der Waals surface area contributed by atoms with Crippen LogP contribution in [0.2, 0.25) is 0 Å². The molecule has 1 aromatic carbocycles. The summed E-state index contributed by atoms with van der Waals surface area (Å²) in [5.74, 6) is 0.923. The number of imidazole rings is 1. The quantitative estimate of drug-likeness (QED) is 0.557. The third-order valence-corrected chi connectivity index (χ3v) is 5.66. The smallest absolute Gasteiger partial charge is 0.223 e. The molecule has 1 amide bonds. The van der Waals surface area contributed by atoms with Crippen LogP contribution in [0.4, 0.5) is 0 Å². The van der Waals surface area contributed by atoms with Crippen LogP contribution in [0, 0.1) is 0 Å². The monoisotopic (exact) mass is 401 g/mol. The summed E-state index contributed by atoms with van der Waals surface area (Å²) in [6.07, 6.45) is 5.82. The average Bonchev–Trinajstić information content (AvgIpc) is 3.40. The molecule has 0 saturated heterocycles. The van der Waals surface area contributed by atoms with Gasteiger partial charge < -0.3 is 14.0 Å². The lowest BCUT2D eigenvalue weighted by Crippen LogP contribution is -2.36. The second-order valence-electron chi connectivity index (χ2n) is 7.49. The van der Waals surface area contributed by atoms with Crippen molar-refractivity contribution in [2.24, 2.45) is 0 Å². The molecule has 0 spiro atoms. The fourth-order valence-corrected chi connectivity index (χ4v) is 4.07. The number of aromatic amines is 1. The van der Waals surface area contributed by atoms with Crippen molar-refractivity contribution in [1.29, 1.82) is 0 Å². The van der Waals surface area contributed by atoms with Crippen LogP contribution in [0.5, 0.6) is 5.75 Å². The van der Waals surface area contributed by atoms with Gasteiger partial charge in [-0.2, -0.15) is 5.10 Å². The van der Waals surface area contributed by atoms with Crippen LogP contribution in [0.25, 0.3) is 16.9 Å². The molecule has 0 saturated carbocycles. The van der Waals surface area contributed by atoms with E-state index < -0.39 is 0 Å². The molecule has 1 aliphatic heterocycles. The number of carbonyl (C=O) groups is 1. The van der Waals surface area contributed by atoms with Gasteiger partial charge in [0.2, 0.25) is 5.91 Å². The largest absolute Gasteiger partial charge is 0.496 e. The van der Waals surface area contributed by atoms with Gasteiger partial charge in [-0.15, -0.1) is 0 Å². The van der Waals surface area contributed by atoms with E-state index in [1.807, 2.05) is 64.2 Å². The van der Waals surface area contributed by atoms with Crippen LogP contribution in [-0.4, -0.2) is 44.0 Å². The first-order valence-corrected chi connectivity index (χ1v) is 10.1. The number of hydrogen-bond acceptors (Lipinski definition) is 4. The minimum Gasteiger partial charge on any atom is -0.496 e. The highest BCUT2D eigenvalue weighted by atomic mass is 16.5. The number of H-pyrrole nitrogens is 1. The Morgan fingerprint density at radius 3 is 2.93 bits per heavy atom. The summed E-state index contributed by atoms with van der Waals surface area (Å²) in [5.41, 5.74) is 5.82. The molecule has 0 aliphatic carbocycles. The summed E-state index contributed by atoms with van der Waals surface area (Å²) in [4.78, 5) is 19.4. The van der Waals surface area contributed by atoms with E-state index in [0.29, 0.717) is 25.9 Å². The van der Waals surface area contributed by atoms with E-state index in [9.17, 15) is 4.79 Å². The molecule has 152 valence electrons. The van der Waals surface area contributed by atoms with Crippen LogP contribution >= 0.6 is 0 Å². The first-order valence-electron chi connectivity index (χ1n) is 10.1. The van der Waals surface area contributed by atoms with Crippen molar-refractivity contribution in [3.05, 3.63) is 71.8 Å². The number of aromatic nitrogens is 4. The Balaban J connectivity index is 1.31. The molecule has 7 nitrogen and oxygen atoms in total. The van der Waals surface area contributed by atoms with Crippen molar-refractivity contribution in [2.75, 3.05) is 13.7 Å². The topological polar surface area (TPSA) is 75.5 Å². The van der Waals surface area contributed by atoms with Gasteiger partial charge in [0, 0.05) is 55.1 Å². The summed E-state index contributed by atoms with van der Waals surface area (Å²) in [6.45, 7) is 1.26. The van der Waals surface area contributed by atoms with Crippen molar-refractivity contribution >= 4 is 11.6 Å². The number of para-hydroxylation sites is 1. The number of pyridine rings is 1. The predicted molar refractivity (Wildman–Crippen MR) is 113 cm³/mol. The minimum atomic E-state index is 0.143. The second kappa shape index (κ2) is 7.67. The highest BCUT2D eigenvalue weighted by Crippen LogP contribution is 2.34. The molecule has 1 N–H and O–H groups in total. The van der Waals surface area contributed by atoms with Crippen LogP contribution in [0.1, 0.15) is 23.4 Å². The highest BCUT2D eigenvalue weighted by Gasteiger charge is 2.26. The molecular weight excluding hydrogens is 378 g/mol. The number of benzene rings is 1. The molecule has 30 heavy (non-hydrogen) atoms. The van der Waals surface area contributed by atoms with E-state index in [-0.39, 0.29) is 5.91 Å². The number of rotatable bonds is 5. The van der Waals surface area contributed by atoms with Gasteiger partial charge in [-0.1, -0.05) is 18.2 Å². The van der Waals surface area contributed by atoms with Gasteiger partial charge in [-0.05, 0) is 30.7 Å². The lowest BCUT2D eigenvalue weighted by atomic mass is 10.00. The second-order valence-corrected chi connectivity index (χ2v) is 7.49. The average molecular weight is 401 g/mol. The number of nitrogens with one attached hydrogen (secondary N) is 1. The molecule has 0 bridgehead atoms. The number of amides is 1. The Morgan fingerprint density at radius 2 is 2.07 bits per heavy atom. The van der Waals surface area contributed by atoms with Gasteiger partial charge in [-0.3, -0.25) is 9.89 Å². The van der Waals surface area contributed by atoms with Crippen LogP contribution in [-0.2, 0) is 24.2 Å². The highest BCUT2D eigenvalue weighted by molar-refractivity contribution is 5.78. The van der Waals surface area contributed by atoms with Crippen molar-refractivity contribution < 1.29 is 9.53 Å². The normalized spacial score (nSPS) is 13.4. The number of nitrogens with zero attached hydrogens (tertiary/aromatic N) is 4. The Kier molecular flexibility index (Phi) is 4.71. The Bertz CT molecular complexity index is 1180. The molecule has 7 heteroatoms. The number of fused-ring (bicyclic) bond motifs is 2. The van der Waals surface area contributed by atoms with E-state index >= 15 is 0 Å². The molecule has 4 heterocycles. The van der Waals surface area contributed by atoms with E-state index in [2.05, 4.69) is 15.2 Å². The van der Waals surface area contributed by atoms with Crippen LogP contribution in [0.15, 0.2) is 54.9 Å². The third kappa shape index (κ3) is 3.32. The fourth-order valence-electron chi connectivity index (χ4n) is 4.07. The van der Waals surface area contributed by atoms with Gasteiger partial charge in [0.25, 0.3) is 0 Å². The van der Waals surface area contributed by atoms with Crippen molar-refractivity contribution in [3.8, 4) is 17.0 Å². The van der Waals surface area contributed by atoms with Gasteiger partial charge in [0.05, 0.1) is 12.8 Å². The molecule has 0 radical (unpaired) electrons. The zero-order valence-electron chi connectivity index (χ0n) is 16.8. The number of ether oxygens (including phenoxy) is 1. The lowest BCUT2D eigenvalue weighted by Gasteiger charge is -2.27. The Labute approximate surface area is 174 Å². The van der Waals surface area contributed by atoms with E-state index in [0.717, 1.165) is 46.0 Å². The summed E-state index contributed by atoms with van der Waals surface area (Å²) < 4.78 is 7.49. The Hall–Kier alpha value is -3.61. The maximum Gasteiger partial charge on any atom is 0.223 e. The van der Waals surface area contributed by atoms with Gasteiger partial charge in [0.15, 0.2) is 0 Å². The van der Waals surface area contributed by atoms with Crippen molar-refractivity contribution in [2.45, 2.75) is 25.8 Å². The molecule has 0 fully saturated rings. The lowest BCUT2D eigenvalue weighted by molar-refractivity contribution is -0.132. The maximum atomic E-state index is 12.9. The fraction of sp³-hybridized carbons (Fsp3) is 0.261. The molecule has 0 unspecified atom stereocenters. The van der Waals surface area contributed by atoms with E-state index in [1.54, 1.807) is 7.11 Å². The van der Waals surface area contributed by atoms with Gasteiger partial charge >= 0.3 is 0 Å². The van der Waals surface area contributed by atoms with E-state index in [1.165, 1.54) is 0 Å². The SMILES string of the molecule is COc1ccccc1-c1n[nH]c2c1CN(C(=O)CCc1cn3ccccc3n1)CC2. The zero-order chi connectivity index (χ0) is 20.5. The number of carbonyl (C=O) groups excluding carboxylic acids is 1. The molecule has 0 atom stereocenters. The number of methoxy groups -OCH3 is 1. The molecular formula is C23H23N5O2. The molecule has 4 aromatic rings. The summed E-state index contributed by atoms with van der Waals surface area (Å²) in [6, 6.07) is 13.7. The van der Waals surface area contributed by atoms with Crippen molar-refractivity contribution in [3.63, 3.8) is 0 Å². The predicted octanol–water partition coefficient (Wildman–Crippen LogP) is 3.25. The third-order valence-electron chi connectivity index (χ3n) is 5.66. The maximum absolute atomic E-state index is 12.9. The summed E-state index contributed by atoms with van der Waals surface area (Å²) in [5, 5.41) is 7.68. The van der Waals surface area contributed by atoms with Crippen LogP contribution < -0.4 is 4.74 Å². The standard InChI is InChI=1S/C23H23N5O2/c1-30-20-7-3-2-6-17(20)23-18-15-28(13-11-19(18)25-26-23)22(29)10-9-16-14-27-12-5-4-8-21(27)24-16/h2-8,12,14H,9-11,13,15H2,1H3,(H,25,26). The minimum absolute atomic E-state index is 0.143. The number of hydrogen-bond donors (Lipinski definition) is 1. The summed E-state index contributed by atoms with van der Waals surface area (Å²) >= 11 is 0. The molecule has 3 aromatic heterocycles. The van der Waals surface area contributed by atoms with Gasteiger partial charge in [-0.25, -0.2) is 4.98 Å².